The number of ether oxygens (including phenoxy) is 1. The second-order valence-corrected chi connectivity index (χ2v) is 6.58. The molecule has 0 bridgehead atoms. The molecule has 1 fully saturated rings. The van der Waals surface area contributed by atoms with Crippen molar-refractivity contribution in [3.8, 4) is 0 Å². The highest BCUT2D eigenvalue weighted by atomic mass is 16.5. The highest BCUT2D eigenvalue weighted by molar-refractivity contribution is 5.76. The van der Waals surface area contributed by atoms with Crippen molar-refractivity contribution in [2.24, 2.45) is 5.41 Å². The number of carbonyl (C=O) groups excluding carboxylic acids is 1. The third-order valence-electron chi connectivity index (χ3n) is 3.36. The largest absolute Gasteiger partial charge is 0.481 e. The molecule has 0 aromatic carbocycles. The molecule has 0 spiro atoms. The van der Waals surface area contributed by atoms with Gasteiger partial charge in [-0.3, -0.25) is 4.79 Å². The molecule has 0 aromatic rings. The molecule has 1 atom stereocenters. The number of hydrogen-bond donors (Lipinski definition) is 2. The average molecular weight is 301 g/mol. The zero-order valence-electron chi connectivity index (χ0n) is 13.4. The molecular weight excluding hydrogens is 274 g/mol. The van der Waals surface area contributed by atoms with Crippen molar-refractivity contribution < 1.29 is 19.4 Å². The SMILES string of the molecule is CN(C)CC(C)(C)CNC(=O)N1CCOCC1CC(=O)O. The molecule has 0 saturated carbocycles. The normalized spacial score (nSPS) is 19.7. The lowest BCUT2D eigenvalue weighted by Crippen LogP contribution is -2.54. The number of urea groups is 1. The minimum Gasteiger partial charge on any atom is -0.481 e. The van der Waals surface area contributed by atoms with Crippen LogP contribution < -0.4 is 5.32 Å². The number of amides is 2. The molecule has 2 N–H and O–H groups in total. The van der Waals surface area contributed by atoms with Crippen molar-refractivity contribution in [3.05, 3.63) is 0 Å². The van der Waals surface area contributed by atoms with Gasteiger partial charge in [-0.2, -0.15) is 0 Å². The lowest BCUT2D eigenvalue weighted by Gasteiger charge is -2.36. The molecule has 7 heteroatoms. The van der Waals surface area contributed by atoms with Crippen LogP contribution in [0.3, 0.4) is 0 Å². The van der Waals surface area contributed by atoms with Gasteiger partial charge in [0, 0.05) is 19.6 Å². The van der Waals surface area contributed by atoms with E-state index in [2.05, 4.69) is 24.1 Å². The second-order valence-electron chi connectivity index (χ2n) is 6.58. The molecule has 1 aliphatic heterocycles. The molecule has 1 rings (SSSR count). The smallest absolute Gasteiger partial charge is 0.317 e. The fraction of sp³-hybridized carbons (Fsp3) is 0.857. The molecule has 1 heterocycles. The standard InChI is InChI=1S/C14H27N3O4/c1-14(2,10-16(3)4)9-15-13(20)17-5-6-21-8-11(17)7-12(18)19/h11H,5-10H2,1-4H3,(H,15,20)(H,18,19). The monoisotopic (exact) mass is 301 g/mol. The molecule has 7 nitrogen and oxygen atoms in total. The first kappa shape index (κ1) is 17.7. The van der Waals surface area contributed by atoms with Gasteiger partial charge in [-0.05, 0) is 19.5 Å². The maximum absolute atomic E-state index is 12.3. The van der Waals surface area contributed by atoms with Crippen LogP contribution in [-0.2, 0) is 9.53 Å². The van der Waals surface area contributed by atoms with Crippen LogP contribution in [0.15, 0.2) is 0 Å². The number of aliphatic carboxylic acids is 1. The van der Waals surface area contributed by atoms with Gasteiger partial charge < -0.3 is 25.0 Å². The van der Waals surface area contributed by atoms with E-state index in [0.29, 0.717) is 19.7 Å². The van der Waals surface area contributed by atoms with Gasteiger partial charge in [-0.15, -0.1) is 0 Å². The van der Waals surface area contributed by atoms with Gasteiger partial charge in [0.15, 0.2) is 0 Å². The van der Waals surface area contributed by atoms with Crippen LogP contribution in [0.2, 0.25) is 0 Å². The average Bonchev–Trinajstić information content (AvgIpc) is 2.34. The zero-order chi connectivity index (χ0) is 16.0. The van der Waals surface area contributed by atoms with E-state index in [1.54, 1.807) is 4.90 Å². The number of carbonyl (C=O) groups is 2. The summed E-state index contributed by atoms with van der Waals surface area (Å²) in [5.41, 5.74) is -0.0479. The van der Waals surface area contributed by atoms with Crippen LogP contribution in [-0.4, -0.2) is 79.9 Å². The highest BCUT2D eigenvalue weighted by Gasteiger charge is 2.30. The van der Waals surface area contributed by atoms with Gasteiger partial charge in [0.1, 0.15) is 0 Å². The Morgan fingerprint density at radius 3 is 2.67 bits per heavy atom. The van der Waals surface area contributed by atoms with E-state index in [9.17, 15) is 9.59 Å². The van der Waals surface area contributed by atoms with Crippen LogP contribution in [0.5, 0.6) is 0 Å². The summed E-state index contributed by atoms with van der Waals surface area (Å²) in [7, 11) is 3.99. The van der Waals surface area contributed by atoms with E-state index in [4.69, 9.17) is 9.84 Å². The maximum Gasteiger partial charge on any atom is 0.317 e. The van der Waals surface area contributed by atoms with Gasteiger partial charge >= 0.3 is 12.0 Å². The topological polar surface area (TPSA) is 82.1 Å². The first-order valence-electron chi connectivity index (χ1n) is 7.20. The summed E-state index contributed by atoms with van der Waals surface area (Å²) in [6.07, 6.45) is -0.0888. The maximum atomic E-state index is 12.3. The number of rotatable bonds is 6. The Hall–Kier alpha value is -1.34. The van der Waals surface area contributed by atoms with Gasteiger partial charge in [0.2, 0.25) is 0 Å². The predicted octanol–water partition coefficient (Wildman–Crippen LogP) is 0.459. The molecule has 0 radical (unpaired) electrons. The van der Waals surface area contributed by atoms with Gasteiger partial charge in [-0.1, -0.05) is 13.8 Å². The Morgan fingerprint density at radius 1 is 1.43 bits per heavy atom. The fourth-order valence-corrected chi connectivity index (χ4v) is 2.62. The Kier molecular flexibility index (Phi) is 6.42. The first-order chi connectivity index (χ1) is 9.71. The van der Waals surface area contributed by atoms with Crippen molar-refractivity contribution in [1.82, 2.24) is 15.1 Å². The number of hydrogen-bond acceptors (Lipinski definition) is 4. The molecule has 2 amide bonds. The van der Waals surface area contributed by atoms with Gasteiger partial charge in [0.25, 0.3) is 0 Å². The van der Waals surface area contributed by atoms with E-state index in [-0.39, 0.29) is 24.5 Å². The third kappa shape index (κ3) is 6.31. The summed E-state index contributed by atoms with van der Waals surface area (Å²) >= 11 is 0. The van der Waals surface area contributed by atoms with Crippen LogP contribution in [0.25, 0.3) is 0 Å². The Morgan fingerprint density at radius 2 is 2.10 bits per heavy atom. The molecule has 122 valence electrons. The van der Waals surface area contributed by atoms with Crippen molar-refractivity contribution >= 4 is 12.0 Å². The van der Waals surface area contributed by atoms with Crippen molar-refractivity contribution in [3.63, 3.8) is 0 Å². The molecule has 21 heavy (non-hydrogen) atoms. The van der Waals surface area contributed by atoms with E-state index < -0.39 is 12.0 Å². The van der Waals surface area contributed by atoms with E-state index >= 15 is 0 Å². The zero-order valence-corrected chi connectivity index (χ0v) is 13.4. The fourth-order valence-electron chi connectivity index (χ4n) is 2.62. The van der Waals surface area contributed by atoms with Gasteiger partial charge in [-0.25, -0.2) is 4.79 Å². The van der Waals surface area contributed by atoms with E-state index in [1.165, 1.54) is 0 Å². The van der Waals surface area contributed by atoms with Crippen LogP contribution >= 0.6 is 0 Å². The summed E-state index contributed by atoms with van der Waals surface area (Å²) in [5.74, 6) is -0.920. The van der Waals surface area contributed by atoms with Crippen molar-refractivity contribution in [1.29, 1.82) is 0 Å². The van der Waals surface area contributed by atoms with E-state index in [0.717, 1.165) is 6.54 Å². The van der Waals surface area contributed by atoms with Gasteiger partial charge in [0.05, 0.1) is 25.7 Å². The lowest BCUT2D eigenvalue weighted by molar-refractivity contribution is -0.139. The number of nitrogens with zero attached hydrogens (tertiary/aromatic N) is 2. The summed E-state index contributed by atoms with van der Waals surface area (Å²) in [6, 6.07) is -0.607. The highest BCUT2D eigenvalue weighted by Crippen LogP contribution is 2.15. The van der Waals surface area contributed by atoms with Crippen LogP contribution in [0.1, 0.15) is 20.3 Å². The Balaban J connectivity index is 2.54. The van der Waals surface area contributed by atoms with Crippen molar-refractivity contribution in [2.45, 2.75) is 26.3 Å². The predicted molar refractivity (Wildman–Crippen MR) is 79.3 cm³/mol. The first-order valence-corrected chi connectivity index (χ1v) is 7.20. The minimum absolute atomic E-state index is 0.0479. The number of carboxylic acid groups (broad SMARTS) is 1. The number of carboxylic acids is 1. The molecule has 0 aliphatic carbocycles. The molecule has 0 aromatic heterocycles. The summed E-state index contributed by atoms with van der Waals surface area (Å²) in [6.45, 7) is 6.72. The second kappa shape index (κ2) is 7.61. The molecule has 1 aliphatic rings. The minimum atomic E-state index is -0.920. The number of morpholine rings is 1. The number of nitrogens with one attached hydrogen (secondary N) is 1. The third-order valence-corrected chi connectivity index (χ3v) is 3.36. The van der Waals surface area contributed by atoms with Crippen LogP contribution in [0, 0.1) is 5.41 Å². The quantitative estimate of drug-likeness (QED) is 0.745. The summed E-state index contributed by atoms with van der Waals surface area (Å²) in [5, 5.41) is 11.8. The van der Waals surface area contributed by atoms with Crippen molar-refractivity contribution in [2.75, 3.05) is 46.9 Å². The van der Waals surface area contributed by atoms with E-state index in [1.807, 2.05) is 14.1 Å². The summed E-state index contributed by atoms with van der Waals surface area (Å²) < 4.78 is 5.27. The molecular formula is C14H27N3O4. The molecule has 1 saturated heterocycles. The lowest BCUT2D eigenvalue weighted by atomic mass is 9.93. The van der Waals surface area contributed by atoms with Crippen LogP contribution in [0.4, 0.5) is 4.79 Å². The Bertz CT molecular complexity index is 371. The Labute approximate surface area is 126 Å². The molecule has 1 unspecified atom stereocenters. The summed E-state index contributed by atoms with van der Waals surface area (Å²) in [4.78, 5) is 26.8.